The van der Waals surface area contributed by atoms with E-state index in [2.05, 4.69) is 5.32 Å². The Morgan fingerprint density at radius 1 is 1.47 bits per heavy atom. The van der Waals surface area contributed by atoms with Gasteiger partial charge >= 0.3 is 0 Å². The first-order valence-corrected chi connectivity index (χ1v) is 6.19. The molecule has 0 aromatic heterocycles. The molecule has 2 atom stereocenters. The molecule has 0 spiro atoms. The molecule has 1 aromatic rings. The first-order chi connectivity index (χ1) is 8.08. The molecule has 0 radical (unpaired) electrons. The van der Waals surface area contributed by atoms with Crippen LogP contribution in [0.4, 0.5) is 4.39 Å². The zero-order valence-electron chi connectivity index (χ0n) is 10.5. The van der Waals surface area contributed by atoms with Crippen LogP contribution in [0.3, 0.4) is 0 Å². The summed E-state index contributed by atoms with van der Waals surface area (Å²) in [5, 5.41) is 3.38. The molecule has 1 aromatic carbocycles. The summed E-state index contributed by atoms with van der Waals surface area (Å²) in [6.07, 6.45) is 0.867. The average molecular weight is 260 g/mol. The molecule has 0 aliphatic heterocycles. The second-order valence-electron chi connectivity index (χ2n) is 4.01. The summed E-state index contributed by atoms with van der Waals surface area (Å²) in [6.45, 7) is 4.68. The van der Waals surface area contributed by atoms with Gasteiger partial charge in [-0.3, -0.25) is 0 Å². The second kappa shape index (κ2) is 6.94. The van der Waals surface area contributed by atoms with Crippen molar-refractivity contribution in [2.75, 3.05) is 13.7 Å². The van der Waals surface area contributed by atoms with E-state index in [1.165, 1.54) is 6.07 Å². The summed E-state index contributed by atoms with van der Waals surface area (Å²) in [5.74, 6) is -0.380. The zero-order chi connectivity index (χ0) is 12.8. The summed E-state index contributed by atoms with van der Waals surface area (Å²) in [4.78, 5) is 0. The van der Waals surface area contributed by atoms with Crippen molar-refractivity contribution in [3.63, 3.8) is 0 Å². The predicted octanol–water partition coefficient (Wildman–Crippen LogP) is 3.03. The fourth-order valence-corrected chi connectivity index (χ4v) is 2.01. The summed E-state index contributed by atoms with van der Waals surface area (Å²) in [5.41, 5.74) is 1.00. The third kappa shape index (κ3) is 4.26. The number of likely N-dealkylation sites (N-methyl/N-ethyl adjacent to an activating group) is 1. The molecule has 0 aliphatic carbocycles. The van der Waals surface area contributed by atoms with Crippen LogP contribution in [0, 0.1) is 5.82 Å². The Kier molecular flexibility index (Phi) is 5.89. The van der Waals surface area contributed by atoms with Crippen LogP contribution in [0.15, 0.2) is 18.2 Å². The molecule has 1 rings (SSSR count). The van der Waals surface area contributed by atoms with E-state index in [0.29, 0.717) is 6.61 Å². The molecule has 0 bridgehead atoms. The molecule has 0 fully saturated rings. The SMILES string of the molecule is CCOC(C)C(Cc1ccc(F)c(Cl)c1)NC. The average Bonchev–Trinajstić information content (AvgIpc) is 2.30. The maximum absolute atomic E-state index is 13.0. The van der Waals surface area contributed by atoms with Gasteiger partial charge in [0, 0.05) is 12.6 Å². The van der Waals surface area contributed by atoms with Gasteiger partial charge in [0.25, 0.3) is 0 Å². The van der Waals surface area contributed by atoms with Crippen LogP contribution in [-0.4, -0.2) is 25.8 Å². The lowest BCUT2D eigenvalue weighted by atomic mass is 10.0. The maximum Gasteiger partial charge on any atom is 0.141 e. The maximum atomic E-state index is 13.0. The minimum atomic E-state index is -0.380. The molecule has 1 N–H and O–H groups in total. The standard InChI is InChI=1S/C13H19ClFNO/c1-4-17-9(2)13(16-3)8-10-5-6-12(15)11(14)7-10/h5-7,9,13,16H,4,8H2,1-3H3. The third-order valence-corrected chi connectivity index (χ3v) is 3.10. The van der Waals surface area contributed by atoms with Crippen molar-refractivity contribution >= 4 is 11.6 Å². The smallest absolute Gasteiger partial charge is 0.141 e. The van der Waals surface area contributed by atoms with Crippen LogP contribution < -0.4 is 5.32 Å². The lowest BCUT2D eigenvalue weighted by molar-refractivity contribution is 0.0497. The predicted molar refractivity (Wildman–Crippen MR) is 69.0 cm³/mol. The van der Waals surface area contributed by atoms with Crippen molar-refractivity contribution in [3.05, 3.63) is 34.6 Å². The number of ether oxygens (including phenoxy) is 1. The van der Waals surface area contributed by atoms with Crippen LogP contribution in [0.1, 0.15) is 19.4 Å². The van der Waals surface area contributed by atoms with Gasteiger partial charge in [0.1, 0.15) is 5.82 Å². The van der Waals surface area contributed by atoms with Gasteiger partial charge in [0.2, 0.25) is 0 Å². The van der Waals surface area contributed by atoms with Crippen LogP contribution in [0.2, 0.25) is 5.02 Å². The number of hydrogen-bond acceptors (Lipinski definition) is 2. The molecule has 0 heterocycles. The largest absolute Gasteiger partial charge is 0.377 e. The first kappa shape index (κ1) is 14.4. The van der Waals surface area contributed by atoms with Crippen LogP contribution in [0.5, 0.6) is 0 Å². The Bertz CT molecular complexity index is 359. The first-order valence-electron chi connectivity index (χ1n) is 5.81. The van der Waals surface area contributed by atoms with Gasteiger partial charge in [-0.15, -0.1) is 0 Å². The summed E-state index contributed by atoms with van der Waals surface area (Å²) in [6, 6.07) is 5.01. The van der Waals surface area contributed by atoms with Crippen molar-refractivity contribution in [1.82, 2.24) is 5.32 Å². The highest BCUT2D eigenvalue weighted by molar-refractivity contribution is 6.30. The van der Waals surface area contributed by atoms with E-state index in [9.17, 15) is 4.39 Å². The summed E-state index contributed by atoms with van der Waals surface area (Å²) < 4.78 is 18.6. The van der Waals surface area contributed by atoms with E-state index in [1.807, 2.05) is 20.9 Å². The lowest BCUT2D eigenvalue weighted by Crippen LogP contribution is -2.39. The fraction of sp³-hybridized carbons (Fsp3) is 0.538. The molecule has 0 aliphatic rings. The van der Waals surface area contributed by atoms with Crippen molar-refractivity contribution < 1.29 is 9.13 Å². The minimum Gasteiger partial charge on any atom is -0.377 e. The van der Waals surface area contributed by atoms with E-state index in [4.69, 9.17) is 16.3 Å². The Morgan fingerprint density at radius 3 is 2.71 bits per heavy atom. The molecule has 0 saturated carbocycles. The highest BCUT2D eigenvalue weighted by atomic mass is 35.5. The Hall–Kier alpha value is -0.640. The van der Waals surface area contributed by atoms with Crippen LogP contribution in [-0.2, 0) is 11.2 Å². The van der Waals surface area contributed by atoms with Gasteiger partial charge in [-0.25, -0.2) is 4.39 Å². The van der Waals surface area contributed by atoms with E-state index < -0.39 is 0 Å². The van der Waals surface area contributed by atoms with Crippen molar-refractivity contribution in [1.29, 1.82) is 0 Å². The quantitative estimate of drug-likeness (QED) is 0.848. The highest BCUT2D eigenvalue weighted by Crippen LogP contribution is 2.18. The van der Waals surface area contributed by atoms with E-state index in [1.54, 1.807) is 12.1 Å². The number of benzene rings is 1. The fourth-order valence-electron chi connectivity index (χ4n) is 1.80. The van der Waals surface area contributed by atoms with Crippen LogP contribution in [0.25, 0.3) is 0 Å². The molecular formula is C13H19ClFNO. The van der Waals surface area contributed by atoms with Gasteiger partial charge in [-0.05, 0) is 45.0 Å². The van der Waals surface area contributed by atoms with E-state index in [-0.39, 0.29) is 23.0 Å². The van der Waals surface area contributed by atoms with Gasteiger partial charge in [0.15, 0.2) is 0 Å². The molecular weight excluding hydrogens is 241 g/mol. The minimum absolute atomic E-state index is 0.105. The highest BCUT2D eigenvalue weighted by Gasteiger charge is 2.16. The van der Waals surface area contributed by atoms with Gasteiger partial charge in [-0.1, -0.05) is 17.7 Å². The van der Waals surface area contributed by atoms with E-state index in [0.717, 1.165) is 12.0 Å². The molecule has 0 amide bonds. The van der Waals surface area contributed by atoms with Gasteiger partial charge in [0.05, 0.1) is 11.1 Å². The molecule has 0 saturated heterocycles. The second-order valence-corrected chi connectivity index (χ2v) is 4.42. The lowest BCUT2D eigenvalue weighted by Gasteiger charge is -2.23. The third-order valence-electron chi connectivity index (χ3n) is 2.81. The number of hydrogen-bond donors (Lipinski definition) is 1. The van der Waals surface area contributed by atoms with Gasteiger partial charge in [-0.2, -0.15) is 0 Å². The van der Waals surface area contributed by atoms with Gasteiger partial charge < -0.3 is 10.1 Å². The summed E-state index contributed by atoms with van der Waals surface area (Å²) in [7, 11) is 1.89. The topological polar surface area (TPSA) is 21.3 Å². The Morgan fingerprint density at radius 2 is 2.18 bits per heavy atom. The Labute approximate surface area is 107 Å². The number of nitrogens with one attached hydrogen (secondary N) is 1. The van der Waals surface area contributed by atoms with Crippen molar-refractivity contribution in [3.8, 4) is 0 Å². The molecule has 2 unspecified atom stereocenters. The molecule has 96 valence electrons. The van der Waals surface area contributed by atoms with Crippen molar-refractivity contribution in [2.24, 2.45) is 0 Å². The normalized spacial score (nSPS) is 14.6. The molecule has 2 nitrogen and oxygen atoms in total. The van der Waals surface area contributed by atoms with Crippen LogP contribution >= 0.6 is 11.6 Å². The monoisotopic (exact) mass is 259 g/mol. The van der Waals surface area contributed by atoms with E-state index >= 15 is 0 Å². The number of rotatable bonds is 6. The van der Waals surface area contributed by atoms with Crippen molar-refractivity contribution in [2.45, 2.75) is 32.4 Å². The number of halogens is 2. The molecule has 4 heteroatoms. The molecule has 17 heavy (non-hydrogen) atoms. The summed E-state index contributed by atoms with van der Waals surface area (Å²) >= 11 is 5.75. The Balaban J connectivity index is 2.70. The zero-order valence-corrected chi connectivity index (χ0v) is 11.2.